The van der Waals surface area contributed by atoms with E-state index in [2.05, 4.69) is 95.0 Å². The smallest absolute Gasteiger partial charge is 0.378 e. The Bertz CT molecular complexity index is 5500. The van der Waals surface area contributed by atoms with Gasteiger partial charge in [-0.05, 0) is 197 Å². The Hall–Kier alpha value is -11.2. The zero-order chi connectivity index (χ0) is 77.4. The molecule has 0 saturated heterocycles. The Morgan fingerprint density at radius 2 is 0.713 bits per heavy atom. The number of hydrogen-bond donors (Lipinski definition) is 0. The first-order chi connectivity index (χ1) is 51.7. The Kier molecular flexibility index (Phi) is 28.8. The zero-order valence-corrected chi connectivity index (χ0v) is 65.3. The summed E-state index contributed by atoms with van der Waals surface area (Å²) >= 11 is 3.84. The van der Waals surface area contributed by atoms with Gasteiger partial charge in [-0.3, -0.25) is 0 Å². The Labute approximate surface area is 640 Å². The fourth-order valence-electron chi connectivity index (χ4n) is 9.04. The molecule has 0 saturated carbocycles. The Morgan fingerprint density at radius 1 is 0.398 bits per heavy atom. The average molecular weight is 1570 g/mol. The van der Waals surface area contributed by atoms with Crippen LogP contribution < -0.4 is 27.2 Å². The van der Waals surface area contributed by atoms with Crippen LogP contribution in [0, 0.1) is 20.8 Å². The second kappa shape index (κ2) is 38.4. The van der Waals surface area contributed by atoms with E-state index in [-0.39, 0.29) is 50.7 Å². The first-order valence-electron chi connectivity index (χ1n) is 32.2. The van der Waals surface area contributed by atoms with Gasteiger partial charge in [-0.15, -0.1) is 0 Å². The third-order valence-corrected chi connectivity index (χ3v) is 18.8. The van der Waals surface area contributed by atoms with Gasteiger partial charge >= 0.3 is 31.2 Å². The number of nitrogens with zero attached hydrogens (tertiary/aromatic N) is 15. The van der Waals surface area contributed by atoms with E-state index in [1.807, 2.05) is 124 Å². The van der Waals surface area contributed by atoms with Crippen LogP contribution in [0.1, 0.15) is 33.8 Å². The van der Waals surface area contributed by atoms with Gasteiger partial charge in [0.15, 0.2) is 15.5 Å². The number of aryl methyl sites for hydroxylation is 3. The van der Waals surface area contributed by atoms with Crippen LogP contribution in [0.3, 0.4) is 0 Å². The predicted molar refractivity (Wildman–Crippen MR) is 420 cm³/mol. The summed E-state index contributed by atoms with van der Waals surface area (Å²) in [4.78, 5) is 33.2. The summed E-state index contributed by atoms with van der Waals surface area (Å²) < 4.78 is 116. The lowest BCUT2D eigenvalue weighted by Crippen LogP contribution is -2.15. The fraction of sp³-hybridized carbons (Fsp3) is 0.200. The summed E-state index contributed by atoms with van der Waals surface area (Å²) in [5.41, 5.74) is 25.7. The van der Waals surface area contributed by atoms with Gasteiger partial charge in [0.1, 0.15) is 30.5 Å². The van der Waals surface area contributed by atoms with Gasteiger partial charge in [-0.1, -0.05) is 69.7 Å². The highest BCUT2D eigenvalue weighted by Gasteiger charge is 2.23. The third-order valence-electron chi connectivity index (χ3n) is 14.7. The van der Waals surface area contributed by atoms with Crippen molar-refractivity contribution in [3.63, 3.8) is 0 Å². The molecule has 6 aromatic carbocycles. The van der Waals surface area contributed by atoms with Crippen LogP contribution in [0.5, 0.6) is 17.2 Å². The molecule has 0 atom stereocenters. The molecule has 554 valence electrons. The van der Waals surface area contributed by atoms with Crippen LogP contribution in [-0.2, 0) is 43.7 Å². The maximum atomic E-state index is 14.2. The topological polar surface area (TPSA) is 319 Å². The van der Waals surface area contributed by atoms with Gasteiger partial charge in [0.05, 0.1) is 52.1 Å². The lowest BCUT2D eigenvalue weighted by atomic mass is 9.98. The molecule has 0 unspecified atom stereocenters. The van der Waals surface area contributed by atoms with Crippen molar-refractivity contribution in [3.05, 3.63) is 250 Å². The van der Waals surface area contributed by atoms with E-state index in [1.165, 1.54) is 127 Å². The molecule has 0 bridgehead atoms. The molecule has 0 fully saturated rings. The van der Waals surface area contributed by atoms with Crippen LogP contribution in [0.4, 0.5) is 51.2 Å². The average Bonchev–Trinajstić information content (AvgIpc) is 0.809. The summed E-state index contributed by atoms with van der Waals surface area (Å²) in [6.45, 7) is 2.69. The molecule has 0 amide bonds. The van der Waals surface area contributed by atoms with Crippen molar-refractivity contribution < 1.29 is 50.4 Å². The van der Waals surface area contributed by atoms with Crippen LogP contribution in [0.25, 0.3) is 17.2 Å². The van der Waals surface area contributed by atoms with E-state index in [0.29, 0.717) is 72.2 Å². The summed E-state index contributed by atoms with van der Waals surface area (Å²) in [6, 6.07) is 39.4. The van der Waals surface area contributed by atoms with E-state index in [1.54, 1.807) is 51.6 Å². The molecule has 0 aliphatic carbocycles. The summed E-state index contributed by atoms with van der Waals surface area (Å²) in [5.74, 6) is -0.386. The first-order valence-corrected chi connectivity index (χ1v) is 39.8. The van der Waals surface area contributed by atoms with Crippen molar-refractivity contribution in [2.75, 3.05) is 95.6 Å². The molecular weight excluding hydrogens is 1500 g/mol. The largest absolute Gasteiger partial charge is 0.449 e. The zero-order valence-electron chi connectivity index (χ0n) is 60.4. The molecule has 0 N–H and O–H groups in total. The van der Waals surface area contributed by atoms with Gasteiger partial charge < -0.3 is 27.2 Å². The van der Waals surface area contributed by atoms with Crippen molar-refractivity contribution in [3.8, 4) is 17.2 Å². The van der Waals surface area contributed by atoms with Gasteiger partial charge in [-0.25, -0.2) is 42.5 Å². The normalized spacial score (nSPS) is 11.4. The van der Waals surface area contributed by atoms with E-state index >= 15 is 0 Å². The number of hydrogen-bond acceptors (Lipinski definition) is 30. The van der Waals surface area contributed by atoms with Crippen LogP contribution in [0.2, 0.25) is 0 Å². The molecule has 9 aromatic rings. The van der Waals surface area contributed by atoms with Crippen molar-refractivity contribution in [2.45, 2.75) is 36.2 Å². The lowest BCUT2D eigenvalue weighted by molar-refractivity contribution is 0.297. The highest BCUT2D eigenvalue weighted by atomic mass is 32.3. The van der Waals surface area contributed by atoms with Crippen molar-refractivity contribution in [2.24, 2.45) is 30.7 Å². The standard InChI is InChI=1S/C75H71N15O12S6/c1-51-54(46-76-73(79-51)103-10)16-15-17-55(49-98-107(93,94)101-67-40-28-61(29-41-67)86-83-58-22-34-64(35-23-58)89(6)7)70(72-48-78-75(105-12)81-53(72)3)44-19-56(50-99-108(95,96)102-68-42-30-62(31-43-68)87-84-59-24-36-65(37-25-59)90(8)9)69(71-47-77-74(104-11)80-52(71)2)18-13-14-45-97-106(91,92)100-66-38-26-60(27-39-66)85-82-57-20-32-63(33-21-57)88(4)5/h14,16,20-43,46-48H,45,49-50H2,1-12H3. The molecule has 3 aromatic heterocycles. The van der Waals surface area contributed by atoms with E-state index < -0.39 is 51.0 Å². The molecule has 9 rings (SSSR count). The minimum absolute atomic E-state index is 0.0272. The minimum atomic E-state index is -5.02. The highest BCUT2D eigenvalue weighted by Crippen LogP contribution is 2.32. The second-order valence-corrected chi connectivity index (χ2v) is 29.0. The van der Waals surface area contributed by atoms with Gasteiger partial charge in [0.25, 0.3) is 0 Å². The van der Waals surface area contributed by atoms with Gasteiger partial charge in [0, 0.05) is 123 Å². The van der Waals surface area contributed by atoms with Gasteiger partial charge in [-0.2, -0.15) is 55.9 Å². The summed E-state index contributed by atoms with van der Waals surface area (Å²) in [5, 5.41) is 26.9. The van der Waals surface area contributed by atoms with Crippen LogP contribution in [-0.4, -0.2) is 136 Å². The summed E-state index contributed by atoms with van der Waals surface area (Å²) in [7, 11) is -3.17. The lowest BCUT2D eigenvalue weighted by Gasteiger charge is -2.13. The number of anilines is 3. The number of azo groups is 3. The molecule has 3 heterocycles. The van der Waals surface area contributed by atoms with Crippen molar-refractivity contribution >= 4 is 135 Å². The Morgan fingerprint density at radius 3 is 1.05 bits per heavy atom. The third kappa shape index (κ3) is 24.7. The van der Waals surface area contributed by atoms with Crippen LogP contribution in [0.15, 0.2) is 262 Å². The molecule has 33 heteroatoms. The molecule has 108 heavy (non-hydrogen) atoms. The number of rotatable bonds is 32. The molecule has 27 nitrogen and oxygen atoms in total. The number of benzene rings is 6. The van der Waals surface area contributed by atoms with Crippen molar-refractivity contribution in [1.82, 2.24) is 29.9 Å². The molecule has 0 spiro atoms. The van der Waals surface area contributed by atoms with Crippen LogP contribution >= 0.6 is 35.3 Å². The fourth-order valence-corrected chi connectivity index (χ4v) is 12.1. The molecule has 0 aliphatic heterocycles. The minimum Gasteiger partial charge on any atom is -0.378 e. The number of aromatic nitrogens is 6. The maximum Gasteiger partial charge on any atom is 0.449 e. The van der Waals surface area contributed by atoms with Gasteiger partial charge in [0.2, 0.25) is 0 Å². The molecule has 0 radical (unpaired) electrons. The molecule has 0 aliphatic rings. The monoisotopic (exact) mass is 1570 g/mol. The summed E-state index contributed by atoms with van der Waals surface area (Å²) in [6.07, 6.45) is 12.5. The second-order valence-electron chi connectivity index (χ2n) is 23.1. The van der Waals surface area contributed by atoms with E-state index in [9.17, 15) is 25.3 Å². The molecular formula is C75H71N15O12S6. The highest BCUT2D eigenvalue weighted by molar-refractivity contribution is 7.98. The Balaban J connectivity index is 1.14. The maximum absolute atomic E-state index is 14.2. The predicted octanol–water partition coefficient (Wildman–Crippen LogP) is 16.5. The first kappa shape index (κ1) is 80.9. The van der Waals surface area contributed by atoms with Crippen molar-refractivity contribution in [1.29, 1.82) is 0 Å². The van der Waals surface area contributed by atoms with E-state index in [4.69, 9.17) is 25.1 Å². The quantitative estimate of drug-likeness (QED) is 0.0124. The van der Waals surface area contributed by atoms with E-state index in [0.717, 1.165) is 23.1 Å². The SMILES string of the molecule is CSc1ncc(C=C=C=C(COS(=O)(=O)Oc2ccc(N=Nc3ccc(N(C)C)cc3)cc2)C(=C=C=C(COS(=O)(=O)Oc2ccc(N=Nc3ccc(N(C)C)cc3)cc2)C(=C=C=CCOS(=O)(=O)Oc2ccc(N=Nc3ccc(N(C)C)cc3)cc2)c2cnc(SC)nc2C)c2cnc(SC)nc2C)c(C)n1. The number of thioether (sulfide) groups is 3.